The summed E-state index contributed by atoms with van der Waals surface area (Å²) in [6, 6.07) is 5.79. The maximum absolute atomic E-state index is 12.6. The number of allylic oxidation sites excluding steroid dienone is 1. The molecule has 0 N–H and O–H groups in total. The molecule has 0 aliphatic rings. The highest BCUT2D eigenvalue weighted by atomic mass is 19.1. The van der Waals surface area contributed by atoms with Gasteiger partial charge in [0.15, 0.2) is 0 Å². The van der Waals surface area contributed by atoms with E-state index in [1.54, 1.807) is 24.4 Å². The van der Waals surface area contributed by atoms with E-state index in [9.17, 15) is 9.18 Å². The van der Waals surface area contributed by atoms with Gasteiger partial charge in [0.1, 0.15) is 5.82 Å². The topological polar surface area (TPSA) is 20.3 Å². The van der Waals surface area contributed by atoms with Crippen LogP contribution in [0.25, 0.3) is 0 Å². The lowest BCUT2D eigenvalue weighted by Crippen LogP contribution is -2.21. The number of hydrogen-bond donors (Lipinski definition) is 0. The lowest BCUT2D eigenvalue weighted by molar-refractivity contribution is -0.116. The molecule has 0 aliphatic heterocycles. The molecule has 0 spiro atoms. The van der Waals surface area contributed by atoms with Crippen molar-refractivity contribution >= 4 is 11.6 Å². The Kier molecular flexibility index (Phi) is 3.40. The number of anilines is 1. The van der Waals surface area contributed by atoms with Crippen LogP contribution in [0.3, 0.4) is 0 Å². The number of nitrogens with zero attached hydrogens (tertiary/aromatic N) is 1. The van der Waals surface area contributed by atoms with Crippen LogP contribution in [0.15, 0.2) is 36.5 Å². The van der Waals surface area contributed by atoms with Crippen LogP contribution >= 0.6 is 0 Å². The average molecular weight is 193 g/mol. The molecule has 1 rings (SSSR count). The largest absolute Gasteiger partial charge is 0.288 e. The molecule has 1 aromatic carbocycles. The van der Waals surface area contributed by atoms with Gasteiger partial charge in [-0.2, -0.15) is 0 Å². The van der Waals surface area contributed by atoms with Crippen molar-refractivity contribution in [3.63, 3.8) is 0 Å². The molecule has 0 atom stereocenters. The van der Waals surface area contributed by atoms with Crippen molar-refractivity contribution in [1.29, 1.82) is 0 Å². The second-order valence-corrected chi connectivity index (χ2v) is 2.85. The van der Waals surface area contributed by atoms with E-state index in [4.69, 9.17) is 0 Å². The van der Waals surface area contributed by atoms with Gasteiger partial charge in [-0.3, -0.25) is 9.69 Å². The smallest absolute Gasteiger partial charge is 0.227 e. The monoisotopic (exact) mass is 193 g/mol. The SMILES string of the molecule is C/C=C\N(C(C)=O)c1ccc(F)cc1. The summed E-state index contributed by atoms with van der Waals surface area (Å²) in [6.07, 6.45) is 3.40. The Labute approximate surface area is 82.7 Å². The molecule has 0 fully saturated rings. The lowest BCUT2D eigenvalue weighted by atomic mass is 10.3. The van der Waals surface area contributed by atoms with E-state index >= 15 is 0 Å². The van der Waals surface area contributed by atoms with Gasteiger partial charge in [0.25, 0.3) is 0 Å². The van der Waals surface area contributed by atoms with Crippen LogP contribution in [0.4, 0.5) is 10.1 Å². The Bertz CT molecular complexity index is 343. The minimum Gasteiger partial charge on any atom is -0.288 e. The van der Waals surface area contributed by atoms with E-state index in [-0.39, 0.29) is 11.7 Å². The van der Waals surface area contributed by atoms with Crippen molar-refractivity contribution in [2.24, 2.45) is 0 Å². The van der Waals surface area contributed by atoms with E-state index in [0.29, 0.717) is 5.69 Å². The molecule has 0 aromatic heterocycles. The number of carbonyl (C=O) groups excluding carboxylic acids is 1. The molecule has 0 aliphatic carbocycles. The molecule has 0 saturated carbocycles. The van der Waals surface area contributed by atoms with Gasteiger partial charge in [0.2, 0.25) is 5.91 Å². The van der Waals surface area contributed by atoms with Gasteiger partial charge >= 0.3 is 0 Å². The molecule has 0 heterocycles. The summed E-state index contributed by atoms with van der Waals surface area (Å²) < 4.78 is 12.6. The first-order chi connectivity index (χ1) is 6.65. The Morgan fingerprint density at radius 3 is 2.36 bits per heavy atom. The Hall–Kier alpha value is -1.64. The third kappa shape index (κ3) is 2.42. The number of hydrogen-bond acceptors (Lipinski definition) is 1. The molecule has 1 aromatic rings. The molecular weight excluding hydrogens is 181 g/mol. The summed E-state index contributed by atoms with van der Waals surface area (Å²) >= 11 is 0. The van der Waals surface area contributed by atoms with Crippen molar-refractivity contribution in [2.75, 3.05) is 4.90 Å². The highest BCUT2D eigenvalue weighted by Crippen LogP contribution is 2.15. The molecule has 0 saturated heterocycles. The van der Waals surface area contributed by atoms with E-state index in [1.807, 2.05) is 6.92 Å². The third-order valence-corrected chi connectivity index (χ3v) is 1.74. The van der Waals surface area contributed by atoms with Crippen LogP contribution in [0.5, 0.6) is 0 Å². The first kappa shape index (κ1) is 10.4. The number of benzene rings is 1. The normalized spacial score (nSPS) is 10.5. The molecule has 74 valence electrons. The molecule has 0 radical (unpaired) electrons. The number of amides is 1. The van der Waals surface area contributed by atoms with Crippen LogP contribution < -0.4 is 4.90 Å². The molecule has 14 heavy (non-hydrogen) atoms. The van der Waals surface area contributed by atoms with Gasteiger partial charge < -0.3 is 0 Å². The van der Waals surface area contributed by atoms with Crippen LogP contribution in [0.2, 0.25) is 0 Å². The fourth-order valence-electron chi connectivity index (χ4n) is 1.12. The molecule has 1 amide bonds. The standard InChI is InChI=1S/C11H12FNO/c1-3-8-13(9(2)14)11-6-4-10(12)5-7-11/h3-8H,1-2H3/b8-3-. The molecule has 0 bridgehead atoms. The van der Waals surface area contributed by atoms with Gasteiger partial charge in [-0.25, -0.2) is 4.39 Å². The lowest BCUT2D eigenvalue weighted by Gasteiger charge is -2.15. The summed E-state index contributed by atoms with van der Waals surface area (Å²) in [5.74, 6) is -0.410. The van der Waals surface area contributed by atoms with Crippen molar-refractivity contribution in [2.45, 2.75) is 13.8 Å². The molecule has 2 nitrogen and oxygen atoms in total. The molecular formula is C11H12FNO. The number of halogens is 1. The second kappa shape index (κ2) is 4.56. The van der Waals surface area contributed by atoms with Crippen molar-refractivity contribution in [1.82, 2.24) is 0 Å². The highest BCUT2D eigenvalue weighted by molar-refractivity contribution is 5.93. The first-order valence-electron chi connectivity index (χ1n) is 4.33. The summed E-state index contributed by atoms with van der Waals surface area (Å²) in [4.78, 5) is 12.7. The predicted molar refractivity (Wildman–Crippen MR) is 54.4 cm³/mol. The fourth-order valence-corrected chi connectivity index (χ4v) is 1.12. The summed E-state index contributed by atoms with van der Waals surface area (Å²) in [7, 11) is 0. The van der Waals surface area contributed by atoms with Crippen LogP contribution in [0.1, 0.15) is 13.8 Å². The zero-order valence-electron chi connectivity index (χ0n) is 8.20. The average Bonchev–Trinajstić information content (AvgIpc) is 2.15. The maximum Gasteiger partial charge on any atom is 0.227 e. The van der Waals surface area contributed by atoms with Crippen molar-refractivity contribution in [3.05, 3.63) is 42.4 Å². The van der Waals surface area contributed by atoms with E-state index < -0.39 is 0 Å². The van der Waals surface area contributed by atoms with Gasteiger partial charge in [-0.1, -0.05) is 6.08 Å². The quantitative estimate of drug-likeness (QED) is 0.707. The minimum atomic E-state index is -0.308. The van der Waals surface area contributed by atoms with Crippen molar-refractivity contribution < 1.29 is 9.18 Å². The van der Waals surface area contributed by atoms with Gasteiger partial charge in [0, 0.05) is 18.8 Å². The first-order valence-corrected chi connectivity index (χ1v) is 4.33. The summed E-state index contributed by atoms with van der Waals surface area (Å²) in [6.45, 7) is 3.28. The zero-order chi connectivity index (χ0) is 10.6. The molecule has 0 unspecified atom stereocenters. The summed E-state index contributed by atoms with van der Waals surface area (Å²) in [5, 5.41) is 0. The minimum absolute atomic E-state index is 0.102. The Morgan fingerprint density at radius 1 is 1.36 bits per heavy atom. The zero-order valence-corrected chi connectivity index (χ0v) is 8.20. The van der Waals surface area contributed by atoms with E-state index in [1.165, 1.54) is 24.0 Å². The third-order valence-electron chi connectivity index (χ3n) is 1.74. The van der Waals surface area contributed by atoms with Gasteiger partial charge in [0.05, 0.1) is 0 Å². The Balaban J connectivity index is 2.99. The van der Waals surface area contributed by atoms with Crippen LogP contribution in [-0.2, 0) is 4.79 Å². The van der Waals surface area contributed by atoms with Crippen LogP contribution in [-0.4, -0.2) is 5.91 Å². The van der Waals surface area contributed by atoms with Gasteiger partial charge in [-0.15, -0.1) is 0 Å². The number of carbonyl (C=O) groups is 1. The Morgan fingerprint density at radius 2 is 1.93 bits per heavy atom. The summed E-state index contributed by atoms with van der Waals surface area (Å²) in [5.41, 5.74) is 0.664. The maximum atomic E-state index is 12.6. The fraction of sp³-hybridized carbons (Fsp3) is 0.182. The van der Waals surface area contributed by atoms with Crippen LogP contribution in [0, 0.1) is 5.82 Å². The van der Waals surface area contributed by atoms with Crippen molar-refractivity contribution in [3.8, 4) is 0 Å². The van der Waals surface area contributed by atoms with E-state index in [2.05, 4.69) is 0 Å². The second-order valence-electron chi connectivity index (χ2n) is 2.85. The van der Waals surface area contributed by atoms with E-state index in [0.717, 1.165) is 0 Å². The number of rotatable bonds is 2. The van der Waals surface area contributed by atoms with Gasteiger partial charge in [-0.05, 0) is 31.2 Å². The highest BCUT2D eigenvalue weighted by Gasteiger charge is 2.06. The predicted octanol–water partition coefficient (Wildman–Crippen LogP) is 2.71. The molecule has 3 heteroatoms.